The van der Waals surface area contributed by atoms with Gasteiger partial charge in [-0.05, 0) is 55.8 Å². The van der Waals surface area contributed by atoms with Gasteiger partial charge in [-0.25, -0.2) is 4.98 Å². The summed E-state index contributed by atoms with van der Waals surface area (Å²) in [6.45, 7) is 3.31. The lowest BCUT2D eigenvalue weighted by Crippen LogP contribution is -2.28. The number of hydrogen-bond acceptors (Lipinski definition) is 5. The number of aliphatic hydroxyl groups is 1. The number of hydrogen-bond donors (Lipinski definition) is 1. The minimum atomic E-state index is -4.41. The number of amides is 1. The van der Waals surface area contributed by atoms with Crippen LogP contribution in [0.2, 0.25) is 0 Å². The molecular weight excluding hydrogens is 453 g/mol. The van der Waals surface area contributed by atoms with Crippen molar-refractivity contribution in [3.63, 3.8) is 0 Å². The van der Waals surface area contributed by atoms with E-state index in [9.17, 15) is 23.1 Å². The first kappa shape index (κ1) is 23.1. The van der Waals surface area contributed by atoms with E-state index in [1.165, 1.54) is 30.1 Å². The topological polar surface area (TPSA) is 62.7 Å². The lowest BCUT2D eigenvalue weighted by atomic mass is 10.1. The molecule has 0 saturated carbocycles. The minimum Gasteiger partial charge on any atom is -0.475 e. The van der Waals surface area contributed by atoms with Crippen LogP contribution in [0, 0.1) is 0 Å². The number of benzene rings is 2. The third-order valence-corrected chi connectivity index (χ3v) is 6.13. The van der Waals surface area contributed by atoms with Crippen molar-refractivity contribution in [3.8, 4) is 5.88 Å². The highest BCUT2D eigenvalue weighted by Gasteiger charge is 2.39. The van der Waals surface area contributed by atoms with E-state index in [2.05, 4.69) is 4.98 Å². The first-order chi connectivity index (χ1) is 15.5. The van der Waals surface area contributed by atoms with Crippen molar-refractivity contribution >= 4 is 29.0 Å². The molecule has 0 saturated heterocycles. The van der Waals surface area contributed by atoms with E-state index in [1.54, 1.807) is 30.9 Å². The summed E-state index contributed by atoms with van der Waals surface area (Å²) in [5.74, 6) is 0.101. The molecule has 0 radical (unpaired) electrons. The van der Waals surface area contributed by atoms with Crippen LogP contribution in [0.4, 0.5) is 24.5 Å². The van der Waals surface area contributed by atoms with Crippen LogP contribution in [-0.2, 0) is 11.0 Å². The highest BCUT2D eigenvalue weighted by molar-refractivity contribution is 8.00. The monoisotopic (exact) mass is 474 g/mol. The Kier molecular flexibility index (Phi) is 6.11. The highest BCUT2D eigenvalue weighted by atomic mass is 32.2. The molecule has 4 rings (SSSR count). The number of anilines is 2. The molecule has 1 aliphatic rings. The van der Waals surface area contributed by atoms with Gasteiger partial charge in [0.2, 0.25) is 11.8 Å². The highest BCUT2D eigenvalue weighted by Crippen LogP contribution is 2.49. The van der Waals surface area contributed by atoms with Gasteiger partial charge in [-0.1, -0.05) is 18.2 Å². The standard InChI is InChI=1S/C24H21F3N2O3S/c1-23(2,31)14-32-20-12-9-16(13-28-20)29-19-6-4-3-5-18(19)21(22(29)30)33-17-10-7-15(8-11-17)24(25,26)27/h3-13,21,31H,14H2,1-2H3. The van der Waals surface area contributed by atoms with Crippen molar-refractivity contribution in [1.82, 2.24) is 4.98 Å². The van der Waals surface area contributed by atoms with Crippen molar-refractivity contribution in [2.75, 3.05) is 11.5 Å². The summed E-state index contributed by atoms with van der Waals surface area (Å²) in [6.07, 6.45) is -2.90. The summed E-state index contributed by atoms with van der Waals surface area (Å²) in [5.41, 5.74) is 0.268. The van der Waals surface area contributed by atoms with E-state index in [0.29, 0.717) is 22.2 Å². The second-order valence-corrected chi connectivity index (χ2v) is 9.39. The Morgan fingerprint density at radius 1 is 1.06 bits per heavy atom. The molecule has 1 aromatic heterocycles. The summed E-state index contributed by atoms with van der Waals surface area (Å²) in [6, 6.07) is 15.4. The van der Waals surface area contributed by atoms with Crippen LogP contribution < -0.4 is 9.64 Å². The number of pyridine rings is 1. The van der Waals surface area contributed by atoms with Crippen LogP contribution in [-0.4, -0.2) is 28.2 Å². The summed E-state index contributed by atoms with van der Waals surface area (Å²) in [5, 5.41) is 9.18. The van der Waals surface area contributed by atoms with Crippen LogP contribution in [0.1, 0.15) is 30.2 Å². The van der Waals surface area contributed by atoms with E-state index in [-0.39, 0.29) is 12.5 Å². The third kappa shape index (κ3) is 5.15. The number of alkyl halides is 3. The van der Waals surface area contributed by atoms with Gasteiger partial charge in [0.15, 0.2) is 0 Å². The number of aromatic nitrogens is 1. The second kappa shape index (κ2) is 8.72. The Hall–Kier alpha value is -3.04. The van der Waals surface area contributed by atoms with Crippen molar-refractivity contribution < 1.29 is 27.8 Å². The number of halogens is 3. The number of thioether (sulfide) groups is 1. The van der Waals surface area contributed by atoms with Gasteiger partial charge in [-0.3, -0.25) is 9.69 Å². The Morgan fingerprint density at radius 3 is 2.36 bits per heavy atom. The van der Waals surface area contributed by atoms with Crippen molar-refractivity contribution in [3.05, 3.63) is 78.0 Å². The van der Waals surface area contributed by atoms with E-state index in [1.807, 2.05) is 24.3 Å². The number of fused-ring (bicyclic) bond motifs is 1. The van der Waals surface area contributed by atoms with E-state index < -0.39 is 22.6 Å². The molecular formula is C24H21F3N2O3S. The normalized spacial score (nSPS) is 16.1. The largest absolute Gasteiger partial charge is 0.475 e. The van der Waals surface area contributed by atoms with Gasteiger partial charge >= 0.3 is 6.18 Å². The molecule has 172 valence electrons. The Bertz CT molecular complexity index is 1140. The maximum Gasteiger partial charge on any atom is 0.416 e. The zero-order valence-corrected chi connectivity index (χ0v) is 18.7. The van der Waals surface area contributed by atoms with Crippen LogP contribution in [0.5, 0.6) is 5.88 Å². The van der Waals surface area contributed by atoms with E-state index in [4.69, 9.17) is 4.74 Å². The van der Waals surface area contributed by atoms with Crippen molar-refractivity contribution in [1.29, 1.82) is 0 Å². The van der Waals surface area contributed by atoms with Gasteiger partial charge < -0.3 is 9.84 Å². The van der Waals surface area contributed by atoms with Gasteiger partial charge in [0, 0.05) is 11.0 Å². The average molecular weight is 475 g/mol. The molecule has 0 spiro atoms. The van der Waals surface area contributed by atoms with E-state index in [0.717, 1.165) is 17.7 Å². The molecule has 1 amide bonds. The molecule has 1 N–H and O–H groups in total. The maximum absolute atomic E-state index is 13.4. The Morgan fingerprint density at radius 2 is 1.76 bits per heavy atom. The summed E-state index contributed by atoms with van der Waals surface area (Å²) in [7, 11) is 0. The molecule has 2 heterocycles. The first-order valence-corrected chi connectivity index (χ1v) is 11.0. The molecule has 1 unspecified atom stereocenters. The van der Waals surface area contributed by atoms with Crippen LogP contribution in [0.15, 0.2) is 71.8 Å². The van der Waals surface area contributed by atoms with Gasteiger partial charge in [-0.15, -0.1) is 11.8 Å². The lowest BCUT2D eigenvalue weighted by Gasteiger charge is -2.19. The average Bonchev–Trinajstić information content (AvgIpc) is 3.03. The zero-order chi connectivity index (χ0) is 23.8. The fraction of sp³-hybridized carbons (Fsp3) is 0.250. The Labute approximate surface area is 193 Å². The molecule has 1 aliphatic heterocycles. The zero-order valence-electron chi connectivity index (χ0n) is 17.8. The first-order valence-electron chi connectivity index (χ1n) is 10.1. The van der Waals surface area contributed by atoms with E-state index >= 15 is 0 Å². The number of para-hydroxylation sites is 1. The summed E-state index contributed by atoms with van der Waals surface area (Å²) >= 11 is 1.20. The van der Waals surface area contributed by atoms with Crippen molar-refractivity contribution in [2.45, 2.75) is 35.8 Å². The van der Waals surface area contributed by atoms with Crippen LogP contribution in [0.25, 0.3) is 0 Å². The molecule has 33 heavy (non-hydrogen) atoms. The van der Waals surface area contributed by atoms with Gasteiger partial charge in [-0.2, -0.15) is 13.2 Å². The van der Waals surface area contributed by atoms with Crippen LogP contribution >= 0.6 is 11.8 Å². The second-order valence-electron chi connectivity index (χ2n) is 8.21. The third-order valence-electron chi connectivity index (χ3n) is 4.89. The quantitative estimate of drug-likeness (QED) is 0.492. The Balaban J connectivity index is 1.57. The predicted molar refractivity (Wildman–Crippen MR) is 120 cm³/mol. The van der Waals surface area contributed by atoms with Crippen LogP contribution in [0.3, 0.4) is 0 Å². The predicted octanol–water partition coefficient (Wildman–Crippen LogP) is 5.76. The lowest BCUT2D eigenvalue weighted by molar-refractivity contribution is -0.137. The minimum absolute atomic E-state index is 0.0661. The summed E-state index contributed by atoms with van der Waals surface area (Å²) in [4.78, 5) is 19.7. The fourth-order valence-electron chi connectivity index (χ4n) is 3.36. The number of ether oxygens (including phenoxy) is 1. The SMILES string of the molecule is CC(C)(O)COc1ccc(N2C(=O)C(Sc3ccc(C(F)(F)F)cc3)c3ccccc32)cn1. The molecule has 1 atom stereocenters. The number of nitrogens with zero attached hydrogens (tertiary/aromatic N) is 2. The smallest absolute Gasteiger partial charge is 0.416 e. The van der Waals surface area contributed by atoms with Crippen molar-refractivity contribution in [2.24, 2.45) is 0 Å². The van der Waals surface area contributed by atoms with Gasteiger partial charge in [0.1, 0.15) is 11.9 Å². The molecule has 3 aromatic rings. The molecule has 5 nitrogen and oxygen atoms in total. The number of carbonyl (C=O) groups is 1. The molecule has 2 aromatic carbocycles. The number of rotatable bonds is 6. The fourth-order valence-corrected chi connectivity index (χ4v) is 4.46. The maximum atomic E-state index is 13.4. The molecule has 9 heteroatoms. The molecule has 0 fully saturated rings. The molecule has 0 aliphatic carbocycles. The molecule has 0 bridgehead atoms. The number of carbonyl (C=O) groups excluding carboxylic acids is 1. The van der Waals surface area contributed by atoms with Gasteiger partial charge in [0.25, 0.3) is 0 Å². The van der Waals surface area contributed by atoms with Gasteiger partial charge in [0.05, 0.1) is 28.7 Å². The summed E-state index contributed by atoms with van der Waals surface area (Å²) < 4.78 is 44.1.